The van der Waals surface area contributed by atoms with Gasteiger partial charge in [0.25, 0.3) is 5.91 Å². The number of hydrogen-bond donors (Lipinski definition) is 1. The lowest BCUT2D eigenvalue weighted by Crippen LogP contribution is -2.16. The summed E-state index contributed by atoms with van der Waals surface area (Å²) in [4.78, 5) is 20.3. The quantitative estimate of drug-likeness (QED) is 0.611. The van der Waals surface area contributed by atoms with Crippen LogP contribution in [0.4, 0.5) is 18.9 Å². The van der Waals surface area contributed by atoms with Crippen LogP contribution in [0, 0.1) is 6.92 Å². The van der Waals surface area contributed by atoms with E-state index in [1.54, 1.807) is 30.5 Å². The maximum Gasteiger partial charge on any atom is 0.433 e. The van der Waals surface area contributed by atoms with Gasteiger partial charge >= 0.3 is 6.18 Å². The van der Waals surface area contributed by atoms with Gasteiger partial charge in [0.15, 0.2) is 0 Å². The molecule has 0 bridgehead atoms. The Morgan fingerprint density at radius 3 is 2.50 bits per heavy atom. The van der Waals surface area contributed by atoms with Crippen molar-refractivity contribution in [3.8, 4) is 11.3 Å². The average Bonchev–Trinajstić information content (AvgIpc) is 2.63. The highest BCUT2D eigenvalue weighted by Gasteiger charge is 2.33. The summed E-state index contributed by atoms with van der Waals surface area (Å²) in [6, 6.07) is 10.4. The summed E-state index contributed by atoms with van der Waals surface area (Å²) in [5.41, 5.74) is 0.667. The Morgan fingerprint density at radius 1 is 1.14 bits per heavy atom. The number of nitrogens with zero attached hydrogens (tertiary/aromatic N) is 2. The molecule has 0 aliphatic rings. The first-order chi connectivity index (χ1) is 13.1. The molecule has 2 heterocycles. The molecule has 0 aliphatic heterocycles. The second kappa shape index (κ2) is 7.86. The van der Waals surface area contributed by atoms with Gasteiger partial charge in [-0.05, 0) is 48.6 Å². The molecule has 2 aromatic heterocycles. The average molecular weight is 424 g/mol. The minimum atomic E-state index is -4.57. The predicted octanol–water partition coefficient (Wildman–Crippen LogP) is 4.88. The van der Waals surface area contributed by atoms with E-state index in [2.05, 4.69) is 24.5 Å². The zero-order valence-electron chi connectivity index (χ0n) is 14.5. The van der Waals surface area contributed by atoms with Crippen molar-refractivity contribution in [2.24, 2.45) is 0 Å². The van der Waals surface area contributed by atoms with Crippen LogP contribution in [0.25, 0.3) is 11.3 Å². The lowest BCUT2D eigenvalue weighted by molar-refractivity contribution is -0.141. The first-order valence-corrected chi connectivity index (χ1v) is 8.98. The molecule has 0 radical (unpaired) electrons. The summed E-state index contributed by atoms with van der Waals surface area (Å²) in [6.45, 7) is 1.35. The van der Waals surface area contributed by atoms with Crippen LogP contribution in [0.5, 0.6) is 0 Å². The molecule has 0 spiro atoms. The summed E-state index contributed by atoms with van der Waals surface area (Å²) in [5, 5.41) is 4.02. The SMILES string of the molecule is Cc1nc(C(F)(F)F)ccc1C(=O)Nc1ccc(Cl)c(-c2ccc(P)cn2)c1. The molecular formula is C19H14ClF3N3OP. The lowest BCUT2D eigenvalue weighted by atomic mass is 10.1. The molecule has 28 heavy (non-hydrogen) atoms. The maximum absolute atomic E-state index is 12.7. The third-order valence-corrected chi connectivity index (χ3v) is 4.58. The fraction of sp³-hybridized carbons (Fsp3) is 0.105. The predicted molar refractivity (Wildman–Crippen MR) is 106 cm³/mol. The number of halogens is 4. The summed E-state index contributed by atoms with van der Waals surface area (Å²) in [7, 11) is 2.53. The Hall–Kier alpha value is -2.50. The number of hydrogen-bond acceptors (Lipinski definition) is 3. The van der Waals surface area contributed by atoms with Crippen molar-refractivity contribution in [2.75, 3.05) is 5.32 Å². The van der Waals surface area contributed by atoms with Gasteiger partial charge in [0, 0.05) is 17.4 Å². The molecule has 144 valence electrons. The van der Waals surface area contributed by atoms with E-state index in [0.717, 1.165) is 17.4 Å². The van der Waals surface area contributed by atoms with Gasteiger partial charge in [-0.2, -0.15) is 13.2 Å². The van der Waals surface area contributed by atoms with Crippen LogP contribution >= 0.6 is 20.8 Å². The van der Waals surface area contributed by atoms with Crippen molar-refractivity contribution in [3.05, 3.63) is 70.6 Å². The first-order valence-electron chi connectivity index (χ1n) is 8.03. The van der Waals surface area contributed by atoms with Crippen molar-refractivity contribution in [2.45, 2.75) is 13.1 Å². The zero-order chi connectivity index (χ0) is 20.5. The van der Waals surface area contributed by atoms with Crippen LogP contribution in [0.15, 0.2) is 48.7 Å². The molecule has 0 aliphatic carbocycles. The van der Waals surface area contributed by atoms with Gasteiger partial charge in [-0.1, -0.05) is 17.7 Å². The number of nitrogens with one attached hydrogen (secondary N) is 1. The van der Waals surface area contributed by atoms with E-state index in [0.29, 0.717) is 22.0 Å². The smallest absolute Gasteiger partial charge is 0.322 e. The van der Waals surface area contributed by atoms with Crippen LogP contribution in [-0.4, -0.2) is 15.9 Å². The number of alkyl halides is 3. The number of aryl methyl sites for hydroxylation is 1. The van der Waals surface area contributed by atoms with E-state index in [-0.39, 0.29) is 11.3 Å². The fourth-order valence-electron chi connectivity index (χ4n) is 2.52. The molecule has 0 fully saturated rings. The minimum absolute atomic E-state index is 0.0146. The molecular weight excluding hydrogens is 410 g/mol. The molecule has 0 saturated heterocycles. The molecule has 3 rings (SSSR count). The molecule has 0 saturated carbocycles. The zero-order valence-corrected chi connectivity index (χ0v) is 16.4. The highest BCUT2D eigenvalue weighted by atomic mass is 35.5. The summed E-state index contributed by atoms with van der Waals surface area (Å²) in [5.74, 6) is -0.569. The molecule has 3 aromatic rings. The second-order valence-electron chi connectivity index (χ2n) is 5.95. The van der Waals surface area contributed by atoms with Crippen LogP contribution in [0.1, 0.15) is 21.7 Å². The van der Waals surface area contributed by atoms with Crippen molar-refractivity contribution in [1.82, 2.24) is 9.97 Å². The van der Waals surface area contributed by atoms with E-state index in [9.17, 15) is 18.0 Å². The number of rotatable bonds is 3. The third-order valence-electron chi connectivity index (χ3n) is 3.91. The number of carbonyl (C=O) groups excluding carboxylic acids is 1. The van der Waals surface area contributed by atoms with Gasteiger partial charge < -0.3 is 5.32 Å². The molecule has 1 atom stereocenters. The highest BCUT2D eigenvalue weighted by Crippen LogP contribution is 2.30. The van der Waals surface area contributed by atoms with Crippen molar-refractivity contribution < 1.29 is 18.0 Å². The summed E-state index contributed by atoms with van der Waals surface area (Å²) < 4.78 is 38.2. The largest absolute Gasteiger partial charge is 0.433 e. The normalized spacial score (nSPS) is 11.4. The van der Waals surface area contributed by atoms with Gasteiger partial charge in [-0.25, -0.2) is 4.98 Å². The van der Waals surface area contributed by atoms with E-state index in [4.69, 9.17) is 11.6 Å². The van der Waals surface area contributed by atoms with Crippen LogP contribution in [0.3, 0.4) is 0 Å². The Morgan fingerprint density at radius 2 is 1.89 bits per heavy atom. The second-order valence-corrected chi connectivity index (χ2v) is 7.03. The van der Waals surface area contributed by atoms with E-state index < -0.39 is 17.8 Å². The number of pyridine rings is 2. The van der Waals surface area contributed by atoms with Crippen molar-refractivity contribution in [3.63, 3.8) is 0 Å². The maximum atomic E-state index is 12.7. The Labute approximate surface area is 166 Å². The van der Waals surface area contributed by atoms with E-state index in [1.165, 1.54) is 6.92 Å². The lowest BCUT2D eigenvalue weighted by Gasteiger charge is -2.12. The van der Waals surface area contributed by atoms with Gasteiger partial charge in [0.05, 0.1) is 22.0 Å². The van der Waals surface area contributed by atoms with Gasteiger partial charge in [-0.15, -0.1) is 9.24 Å². The first kappa shape index (κ1) is 20.2. The van der Waals surface area contributed by atoms with Crippen molar-refractivity contribution >= 4 is 37.7 Å². The number of benzene rings is 1. The Kier molecular flexibility index (Phi) is 5.68. The van der Waals surface area contributed by atoms with Gasteiger partial charge in [0.1, 0.15) is 5.69 Å². The van der Waals surface area contributed by atoms with Crippen LogP contribution < -0.4 is 10.6 Å². The molecule has 4 nitrogen and oxygen atoms in total. The monoisotopic (exact) mass is 423 g/mol. The highest BCUT2D eigenvalue weighted by molar-refractivity contribution is 7.27. The molecule has 9 heteroatoms. The van der Waals surface area contributed by atoms with Gasteiger partial charge in [-0.3, -0.25) is 9.78 Å². The topological polar surface area (TPSA) is 54.9 Å². The number of anilines is 1. The van der Waals surface area contributed by atoms with E-state index >= 15 is 0 Å². The van der Waals surface area contributed by atoms with Gasteiger partial charge in [0.2, 0.25) is 0 Å². The third kappa shape index (κ3) is 4.49. The van der Waals surface area contributed by atoms with E-state index in [1.807, 2.05) is 6.07 Å². The molecule has 1 aromatic carbocycles. The molecule has 1 N–H and O–H groups in total. The van der Waals surface area contributed by atoms with Crippen LogP contribution in [0.2, 0.25) is 5.02 Å². The Balaban J connectivity index is 1.87. The Bertz CT molecular complexity index is 1040. The standard InChI is InChI=1S/C19H14ClF3N3OP/c1-10-13(4-7-17(25-10)19(21,22)23)18(27)26-11-2-5-15(20)14(8-11)16-6-3-12(28)9-24-16/h2-9H,28H2,1H3,(H,26,27). The molecule has 1 amide bonds. The van der Waals surface area contributed by atoms with Crippen molar-refractivity contribution in [1.29, 1.82) is 0 Å². The molecule has 1 unspecified atom stereocenters. The van der Waals surface area contributed by atoms with Crippen LogP contribution in [-0.2, 0) is 6.18 Å². The number of aromatic nitrogens is 2. The fourth-order valence-corrected chi connectivity index (χ4v) is 2.91. The summed E-state index contributed by atoms with van der Waals surface area (Å²) >= 11 is 6.23. The minimum Gasteiger partial charge on any atom is -0.322 e. The summed E-state index contributed by atoms with van der Waals surface area (Å²) in [6.07, 6.45) is -2.90. The number of carbonyl (C=O) groups is 1. The number of amides is 1.